The molecule has 0 aromatic heterocycles. The summed E-state index contributed by atoms with van der Waals surface area (Å²) in [6.45, 7) is 1.23. The summed E-state index contributed by atoms with van der Waals surface area (Å²) in [7, 11) is 1.10. The minimum absolute atomic E-state index is 0.0816. The first-order chi connectivity index (χ1) is 7.38. The van der Waals surface area contributed by atoms with Gasteiger partial charge in [0.25, 0.3) is 0 Å². The molecule has 0 aliphatic heterocycles. The number of phenolic OH excluding ortho intramolecular Hbond substituents is 1. The number of benzene rings is 1. The number of anilines is 1. The van der Waals surface area contributed by atoms with Gasteiger partial charge in [0.1, 0.15) is 0 Å². The molecule has 88 valence electrons. The van der Waals surface area contributed by atoms with E-state index < -0.39 is 20.1 Å². The fraction of sp³-hybridized carbons (Fsp3) is 0.222. The summed E-state index contributed by atoms with van der Waals surface area (Å²) in [5.74, 6) is -0.727. The third kappa shape index (κ3) is 2.66. The van der Waals surface area contributed by atoms with Crippen LogP contribution in [0.2, 0.25) is 0 Å². The molecule has 3 N–H and O–H groups in total. The molecule has 0 heterocycles. The number of carbonyl (C=O) groups excluding carboxylic acids is 1. The Morgan fingerprint density at radius 3 is 2.62 bits per heavy atom. The van der Waals surface area contributed by atoms with Crippen LogP contribution in [0.15, 0.2) is 18.2 Å². The summed E-state index contributed by atoms with van der Waals surface area (Å²) < 4.78 is 25.6. The van der Waals surface area contributed by atoms with Gasteiger partial charge >= 0.3 is 94.9 Å². The molecular formula is C9H12AsNO5. The molecule has 0 saturated carbocycles. The zero-order chi connectivity index (χ0) is 12.3. The van der Waals surface area contributed by atoms with Gasteiger partial charge in [-0.1, -0.05) is 0 Å². The van der Waals surface area contributed by atoms with Crippen molar-refractivity contribution in [1.29, 1.82) is 0 Å². The maximum absolute atomic E-state index is 11.7. The molecule has 1 unspecified atom stereocenters. The Morgan fingerprint density at radius 2 is 2.12 bits per heavy atom. The summed E-state index contributed by atoms with van der Waals surface area (Å²) in [6.07, 6.45) is 0. The fourth-order valence-electron chi connectivity index (χ4n) is 1.17. The second kappa shape index (κ2) is 4.74. The number of nitrogens with one attached hydrogen (secondary N) is 1. The van der Waals surface area contributed by atoms with E-state index in [9.17, 15) is 17.7 Å². The summed E-state index contributed by atoms with van der Waals surface area (Å²) in [5, 5.41) is 11.8. The van der Waals surface area contributed by atoms with E-state index >= 15 is 0 Å². The molecule has 0 bridgehead atoms. The third-order valence-electron chi connectivity index (χ3n) is 1.87. The normalized spacial score (nSPS) is 14.2. The van der Waals surface area contributed by atoms with Gasteiger partial charge in [0, 0.05) is 0 Å². The molecule has 0 saturated heterocycles. The zero-order valence-corrected chi connectivity index (χ0v) is 10.7. The number of hydrogen-bond donors (Lipinski definition) is 3. The molecule has 0 aliphatic carbocycles. The van der Waals surface area contributed by atoms with E-state index in [1.54, 1.807) is 0 Å². The van der Waals surface area contributed by atoms with Crippen LogP contribution in [0.25, 0.3) is 0 Å². The number of carbonyl (C=O) groups is 1. The van der Waals surface area contributed by atoms with Gasteiger partial charge < -0.3 is 0 Å². The van der Waals surface area contributed by atoms with Crippen molar-refractivity contribution in [2.45, 2.75) is 6.92 Å². The minimum atomic E-state index is -4.68. The van der Waals surface area contributed by atoms with Crippen molar-refractivity contribution in [3.63, 3.8) is 0 Å². The van der Waals surface area contributed by atoms with Gasteiger partial charge in [0.15, 0.2) is 0 Å². The van der Waals surface area contributed by atoms with E-state index in [0.717, 1.165) is 7.11 Å². The van der Waals surface area contributed by atoms with Gasteiger partial charge in [-0.3, -0.25) is 0 Å². The van der Waals surface area contributed by atoms with Gasteiger partial charge in [-0.05, 0) is 0 Å². The van der Waals surface area contributed by atoms with Crippen molar-refractivity contribution in [2.75, 3.05) is 12.4 Å². The molecule has 16 heavy (non-hydrogen) atoms. The first-order valence-electron chi connectivity index (χ1n) is 4.37. The van der Waals surface area contributed by atoms with Crippen LogP contribution in [0, 0.1) is 0 Å². The molecule has 1 atom stereocenters. The average molecular weight is 289 g/mol. The molecule has 0 fully saturated rings. The Bertz CT molecular complexity index is 459. The van der Waals surface area contributed by atoms with E-state index in [4.69, 9.17) is 0 Å². The predicted molar refractivity (Wildman–Crippen MR) is 57.7 cm³/mol. The third-order valence-corrected chi connectivity index (χ3v) is 4.97. The Kier molecular flexibility index (Phi) is 3.80. The van der Waals surface area contributed by atoms with Crippen LogP contribution < -0.4 is 9.67 Å². The van der Waals surface area contributed by atoms with Crippen LogP contribution in [0.1, 0.15) is 6.92 Å². The molecule has 0 aliphatic rings. The number of amides is 1. The monoisotopic (exact) mass is 289 g/mol. The van der Waals surface area contributed by atoms with Crippen molar-refractivity contribution in [2.24, 2.45) is 0 Å². The molecule has 1 rings (SSSR count). The zero-order valence-electron chi connectivity index (χ0n) is 8.80. The van der Waals surface area contributed by atoms with Gasteiger partial charge in [-0.2, -0.15) is 0 Å². The van der Waals surface area contributed by atoms with Gasteiger partial charge in [0.05, 0.1) is 0 Å². The van der Waals surface area contributed by atoms with Crippen molar-refractivity contribution < 1.29 is 21.5 Å². The number of aromatic hydroxyl groups is 1. The summed E-state index contributed by atoms with van der Waals surface area (Å²) in [4.78, 5) is 10.9. The molecule has 0 spiro atoms. The standard InChI is InChI=1S/C9H12AsNO5/c1-6(12)11-9-7(10(14,15)16-2)4-3-5-8(9)13/h3-5,13H,1-2H3,(H,11,12)(H,14,15). The van der Waals surface area contributed by atoms with Crippen molar-refractivity contribution in [3.8, 4) is 5.75 Å². The van der Waals surface area contributed by atoms with Crippen LogP contribution in [-0.4, -0.2) is 36.4 Å². The van der Waals surface area contributed by atoms with Crippen LogP contribution in [0.3, 0.4) is 0 Å². The SMILES string of the molecule is CO[As](=O)(O)c1cccc(O)c1NC(C)=O. The van der Waals surface area contributed by atoms with Crippen molar-refractivity contribution in [1.82, 2.24) is 0 Å². The fourth-order valence-corrected chi connectivity index (χ4v) is 3.11. The summed E-state index contributed by atoms with van der Waals surface area (Å²) in [5.41, 5.74) is -0.0816. The average Bonchev–Trinajstić information content (AvgIpc) is 2.20. The molecular weight excluding hydrogens is 277 g/mol. The Hall–Kier alpha value is -1.23. The number of phenols is 1. The Labute approximate surface area is 95.2 Å². The second-order valence-corrected chi connectivity index (χ2v) is 7.02. The van der Waals surface area contributed by atoms with E-state index in [1.807, 2.05) is 0 Å². The molecule has 1 aromatic rings. The Balaban J connectivity index is 3.34. The summed E-state index contributed by atoms with van der Waals surface area (Å²) >= 11 is -4.68. The maximum atomic E-state index is 11.7. The van der Waals surface area contributed by atoms with E-state index in [0.29, 0.717) is 0 Å². The van der Waals surface area contributed by atoms with Crippen LogP contribution in [0.5, 0.6) is 5.75 Å². The Morgan fingerprint density at radius 1 is 1.50 bits per heavy atom. The quantitative estimate of drug-likeness (QED) is 0.518. The van der Waals surface area contributed by atoms with Crippen LogP contribution in [-0.2, 0) is 12.3 Å². The molecule has 1 amide bonds. The molecule has 1 aromatic carbocycles. The predicted octanol–water partition coefficient (Wildman–Crippen LogP) is -0.434. The summed E-state index contributed by atoms with van der Waals surface area (Å²) in [6, 6.07) is 4.04. The number of rotatable bonds is 3. The number of hydrogen-bond acceptors (Lipinski definition) is 4. The van der Waals surface area contributed by atoms with E-state index in [1.165, 1.54) is 25.1 Å². The van der Waals surface area contributed by atoms with Crippen LogP contribution >= 0.6 is 0 Å². The first-order valence-corrected chi connectivity index (χ1v) is 7.68. The van der Waals surface area contributed by atoms with Crippen molar-refractivity contribution >= 4 is 30.1 Å². The molecule has 6 nitrogen and oxygen atoms in total. The topological polar surface area (TPSA) is 95.9 Å². The van der Waals surface area contributed by atoms with Gasteiger partial charge in [0.2, 0.25) is 0 Å². The van der Waals surface area contributed by atoms with Crippen molar-refractivity contribution in [3.05, 3.63) is 18.2 Å². The van der Waals surface area contributed by atoms with E-state index in [2.05, 4.69) is 9.04 Å². The molecule has 7 heteroatoms. The first kappa shape index (κ1) is 12.8. The van der Waals surface area contributed by atoms with Gasteiger partial charge in [-0.15, -0.1) is 0 Å². The van der Waals surface area contributed by atoms with Crippen LogP contribution in [0.4, 0.5) is 5.69 Å². The van der Waals surface area contributed by atoms with E-state index in [-0.39, 0.29) is 15.8 Å². The second-order valence-electron chi connectivity index (χ2n) is 3.06. The van der Waals surface area contributed by atoms with Gasteiger partial charge in [-0.25, -0.2) is 0 Å². The molecule has 0 radical (unpaired) electrons. The number of para-hydroxylation sites is 1.